The third-order valence-corrected chi connectivity index (χ3v) is 6.25. The number of ether oxygens (including phenoxy) is 1. The van der Waals surface area contributed by atoms with Gasteiger partial charge >= 0.3 is 0 Å². The van der Waals surface area contributed by atoms with Crippen LogP contribution in [0.25, 0.3) is 0 Å². The predicted octanol–water partition coefficient (Wildman–Crippen LogP) is 2.88. The molecule has 2 aromatic rings. The van der Waals surface area contributed by atoms with E-state index in [1.54, 1.807) is 48.0 Å². The van der Waals surface area contributed by atoms with Crippen molar-refractivity contribution in [1.29, 1.82) is 0 Å². The van der Waals surface area contributed by atoms with E-state index in [2.05, 4.69) is 10.6 Å². The number of nitrogens with zero attached hydrogens (tertiary/aromatic N) is 2. The van der Waals surface area contributed by atoms with Crippen molar-refractivity contribution in [2.45, 2.75) is 24.3 Å². The molecule has 0 spiro atoms. The maximum Gasteiger partial charge on any atom is 0.256 e. The lowest BCUT2D eigenvalue weighted by Gasteiger charge is -2.24. The number of methoxy groups -OCH3 is 1. The van der Waals surface area contributed by atoms with E-state index in [1.807, 2.05) is 30.5 Å². The second-order valence-electron chi connectivity index (χ2n) is 7.33. The number of nitrogens with one attached hydrogen (secondary N) is 2. The topological polar surface area (TPSA) is 91.0 Å². The number of hydrogen-bond acceptors (Lipinski definition) is 6. The first-order chi connectivity index (χ1) is 15.8. The fourth-order valence-corrected chi connectivity index (χ4v) is 4.36. The van der Waals surface area contributed by atoms with Gasteiger partial charge in [-0.3, -0.25) is 19.3 Å². The molecule has 1 heterocycles. The molecule has 3 rings (SSSR count). The normalized spacial score (nSPS) is 15.5. The minimum absolute atomic E-state index is 0.0796. The summed E-state index contributed by atoms with van der Waals surface area (Å²) in [6.45, 7) is 2.04. The molecule has 0 aromatic heterocycles. The minimum Gasteiger partial charge on any atom is -0.497 e. The fourth-order valence-electron chi connectivity index (χ4n) is 3.49. The lowest BCUT2D eigenvalue weighted by atomic mass is 10.1. The smallest absolute Gasteiger partial charge is 0.256 e. The zero-order chi connectivity index (χ0) is 24.0. The third-order valence-electron chi connectivity index (χ3n) is 5.11. The van der Waals surface area contributed by atoms with Gasteiger partial charge in [-0.05, 0) is 60.9 Å². The average Bonchev–Trinajstić information content (AvgIpc) is 3.03. The molecule has 3 amide bonds. The molecule has 1 aliphatic heterocycles. The highest BCUT2D eigenvalue weighted by Crippen LogP contribution is 2.30. The Morgan fingerprint density at radius 1 is 1.18 bits per heavy atom. The molecule has 1 saturated heterocycles. The first-order valence-electron chi connectivity index (χ1n) is 10.3. The van der Waals surface area contributed by atoms with E-state index in [0.717, 1.165) is 4.90 Å². The van der Waals surface area contributed by atoms with Crippen LogP contribution < -0.4 is 20.3 Å². The van der Waals surface area contributed by atoms with Crippen molar-refractivity contribution in [1.82, 2.24) is 10.2 Å². The second kappa shape index (κ2) is 11.2. The molecular weight excluding hydrogens is 460 g/mol. The molecular formula is C23H26N4O4S2. The van der Waals surface area contributed by atoms with Gasteiger partial charge in [0.05, 0.1) is 19.2 Å². The largest absolute Gasteiger partial charge is 0.497 e. The van der Waals surface area contributed by atoms with Crippen molar-refractivity contribution in [3.05, 3.63) is 48.5 Å². The average molecular weight is 487 g/mol. The van der Waals surface area contributed by atoms with Crippen LogP contribution in [0.1, 0.15) is 13.3 Å². The molecule has 2 N–H and O–H groups in total. The highest BCUT2D eigenvalue weighted by molar-refractivity contribution is 7.98. The second-order valence-corrected chi connectivity index (χ2v) is 8.58. The van der Waals surface area contributed by atoms with Crippen LogP contribution in [0.15, 0.2) is 53.4 Å². The van der Waals surface area contributed by atoms with Crippen LogP contribution in [0.4, 0.5) is 11.4 Å². The van der Waals surface area contributed by atoms with Crippen LogP contribution in [0.2, 0.25) is 0 Å². The third kappa shape index (κ3) is 6.02. The first kappa shape index (κ1) is 24.5. The van der Waals surface area contributed by atoms with Gasteiger partial charge < -0.3 is 20.3 Å². The number of carbonyl (C=O) groups excluding carboxylic acids is 3. The summed E-state index contributed by atoms with van der Waals surface area (Å²) in [4.78, 5) is 41.7. The number of rotatable bonds is 9. The van der Waals surface area contributed by atoms with Crippen LogP contribution in [0, 0.1) is 0 Å². The Morgan fingerprint density at radius 2 is 1.91 bits per heavy atom. The Bertz CT molecular complexity index is 1050. The molecule has 1 fully saturated rings. The summed E-state index contributed by atoms with van der Waals surface area (Å²) in [5.41, 5.74) is 1.25. The first-order valence-corrected chi connectivity index (χ1v) is 11.9. The molecule has 0 aliphatic carbocycles. The number of thioether (sulfide) groups is 1. The summed E-state index contributed by atoms with van der Waals surface area (Å²) in [6, 6.07) is 13.7. The van der Waals surface area contributed by atoms with Gasteiger partial charge in [0.25, 0.3) is 5.91 Å². The summed E-state index contributed by atoms with van der Waals surface area (Å²) < 4.78 is 5.13. The maximum atomic E-state index is 13.4. The van der Waals surface area contributed by atoms with Gasteiger partial charge in [0, 0.05) is 30.6 Å². The molecule has 0 radical (unpaired) electrons. The van der Waals surface area contributed by atoms with E-state index in [-0.39, 0.29) is 24.1 Å². The van der Waals surface area contributed by atoms with E-state index >= 15 is 0 Å². The lowest BCUT2D eigenvalue weighted by Crippen LogP contribution is -2.42. The van der Waals surface area contributed by atoms with Gasteiger partial charge in [-0.25, -0.2) is 0 Å². The van der Waals surface area contributed by atoms with Crippen molar-refractivity contribution in [3.8, 4) is 5.75 Å². The number of hydrogen-bond donors (Lipinski definition) is 2. The van der Waals surface area contributed by atoms with E-state index in [1.165, 1.54) is 11.8 Å². The summed E-state index contributed by atoms with van der Waals surface area (Å²) >= 11 is 7.19. The van der Waals surface area contributed by atoms with Crippen LogP contribution in [0.3, 0.4) is 0 Å². The fraction of sp³-hybridized carbons (Fsp3) is 0.304. The van der Waals surface area contributed by atoms with Crippen molar-refractivity contribution >= 4 is 58.2 Å². The Balaban J connectivity index is 1.80. The van der Waals surface area contributed by atoms with Gasteiger partial charge in [-0.15, -0.1) is 11.8 Å². The van der Waals surface area contributed by atoms with Crippen molar-refractivity contribution in [3.63, 3.8) is 0 Å². The van der Waals surface area contributed by atoms with Crippen molar-refractivity contribution < 1.29 is 19.1 Å². The van der Waals surface area contributed by atoms with Crippen molar-refractivity contribution in [2.24, 2.45) is 0 Å². The number of carbonyl (C=O) groups is 3. The molecule has 1 unspecified atom stereocenters. The number of benzene rings is 2. The van der Waals surface area contributed by atoms with Crippen LogP contribution >= 0.6 is 24.0 Å². The number of amides is 3. The molecule has 1 aliphatic rings. The summed E-state index contributed by atoms with van der Waals surface area (Å²) in [6.07, 6.45) is 1.87. The maximum absolute atomic E-state index is 13.4. The summed E-state index contributed by atoms with van der Waals surface area (Å²) in [7, 11) is 1.57. The van der Waals surface area contributed by atoms with Gasteiger partial charge in [0.15, 0.2) is 5.11 Å². The zero-order valence-corrected chi connectivity index (χ0v) is 20.3. The monoisotopic (exact) mass is 486 g/mol. The highest BCUT2D eigenvalue weighted by atomic mass is 32.2. The van der Waals surface area contributed by atoms with E-state index in [0.29, 0.717) is 35.3 Å². The Hall–Kier alpha value is -3.11. The summed E-state index contributed by atoms with van der Waals surface area (Å²) in [5.74, 6) is -0.0853. The SMILES string of the molecule is COc1ccc(NC(=O)CC2C(=O)N(c3cccc(SC)c3)C(=S)N2CCNC(C)=O)cc1. The highest BCUT2D eigenvalue weighted by Gasteiger charge is 2.44. The molecule has 0 bridgehead atoms. The molecule has 8 nitrogen and oxygen atoms in total. The molecule has 10 heteroatoms. The quantitative estimate of drug-likeness (QED) is 0.416. The van der Waals surface area contributed by atoms with E-state index in [4.69, 9.17) is 17.0 Å². The van der Waals surface area contributed by atoms with Crippen molar-refractivity contribution in [2.75, 3.05) is 36.7 Å². The molecule has 1 atom stereocenters. The Kier molecular flexibility index (Phi) is 8.29. The molecule has 174 valence electrons. The number of thiocarbonyl (C=S) groups is 1. The Labute approximate surface area is 202 Å². The van der Waals surface area contributed by atoms with Crippen LogP contribution in [0.5, 0.6) is 5.75 Å². The molecule has 33 heavy (non-hydrogen) atoms. The van der Waals surface area contributed by atoms with E-state index < -0.39 is 6.04 Å². The van der Waals surface area contributed by atoms with Gasteiger partial charge in [-0.2, -0.15) is 0 Å². The minimum atomic E-state index is -0.776. The number of anilines is 2. The van der Waals surface area contributed by atoms with Crippen LogP contribution in [-0.4, -0.2) is 60.2 Å². The van der Waals surface area contributed by atoms with Gasteiger partial charge in [-0.1, -0.05) is 6.07 Å². The van der Waals surface area contributed by atoms with Gasteiger partial charge in [0.1, 0.15) is 11.8 Å². The Morgan fingerprint density at radius 3 is 2.55 bits per heavy atom. The van der Waals surface area contributed by atoms with E-state index in [9.17, 15) is 14.4 Å². The van der Waals surface area contributed by atoms with Gasteiger partial charge in [0.2, 0.25) is 11.8 Å². The summed E-state index contributed by atoms with van der Waals surface area (Å²) in [5, 5.41) is 5.85. The molecule has 0 saturated carbocycles. The zero-order valence-electron chi connectivity index (χ0n) is 18.7. The standard InChI is InChI=1S/C23H26N4O4S2/c1-15(28)24-11-12-26-20(14-21(29)25-16-7-9-18(31-2)10-8-16)22(30)27(23(26)32)17-5-4-6-19(13-17)33-3/h4-10,13,20H,11-12,14H2,1-3H3,(H,24,28)(H,25,29). The lowest BCUT2D eigenvalue weighted by molar-refractivity contribution is -0.124. The molecule has 2 aromatic carbocycles. The van der Waals surface area contributed by atoms with Crippen LogP contribution in [-0.2, 0) is 14.4 Å². The predicted molar refractivity (Wildman–Crippen MR) is 134 cm³/mol.